The van der Waals surface area contributed by atoms with Crippen LogP contribution in [0.25, 0.3) is 11.1 Å². The third-order valence-electron chi connectivity index (χ3n) is 6.73. The standard InChI is InChI=1S/C27H24F4N4O4/c1-15(35-13-20-9-19(35)14-38-20)25(36)34-23-11-22(33-26(37)17-5-3-7-32-12-17)21(10-24(23)39-27(29,30)31)16-4-2-6-18(28)8-16/h2-8,10-12,15,19-20H,9,13-14H2,1H3,(H,33,37)(H,34,36)/t15?,19-,20-/m0/s1. The van der Waals surface area contributed by atoms with Crippen LogP contribution >= 0.6 is 0 Å². The van der Waals surface area contributed by atoms with Gasteiger partial charge < -0.3 is 20.1 Å². The number of likely N-dealkylation sites (tertiary alicyclic amines) is 1. The number of amides is 2. The molecule has 204 valence electrons. The summed E-state index contributed by atoms with van der Waals surface area (Å²) in [6.07, 6.45) is -1.49. The molecule has 3 aromatic rings. The Bertz CT molecular complexity index is 1390. The largest absolute Gasteiger partial charge is 0.573 e. The minimum absolute atomic E-state index is 0.0224. The third-order valence-corrected chi connectivity index (χ3v) is 6.73. The number of nitrogens with one attached hydrogen (secondary N) is 2. The summed E-state index contributed by atoms with van der Waals surface area (Å²) in [4.78, 5) is 31.9. The van der Waals surface area contributed by atoms with Crippen molar-refractivity contribution in [3.8, 4) is 16.9 Å². The highest BCUT2D eigenvalue weighted by Crippen LogP contribution is 2.40. The fraction of sp³-hybridized carbons (Fsp3) is 0.296. The zero-order chi connectivity index (χ0) is 27.7. The Labute approximate surface area is 220 Å². The molecule has 12 heteroatoms. The van der Waals surface area contributed by atoms with Gasteiger partial charge in [-0.05, 0) is 55.3 Å². The molecule has 8 nitrogen and oxygen atoms in total. The Morgan fingerprint density at radius 1 is 1.13 bits per heavy atom. The second kappa shape index (κ2) is 10.6. The second-order valence-electron chi connectivity index (χ2n) is 9.35. The minimum Gasteiger partial charge on any atom is -0.404 e. The number of hydrogen-bond acceptors (Lipinski definition) is 6. The molecule has 3 heterocycles. The fourth-order valence-corrected chi connectivity index (χ4v) is 4.87. The highest BCUT2D eigenvalue weighted by Gasteiger charge is 2.43. The Kier molecular flexibility index (Phi) is 7.23. The van der Waals surface area contributed by atoms with Crippen molar-refractivity contribution in [2.45, 2.75) is 37.9 Å². The van der Waals surface area contributed by atoms with E-state index in [2.05, 4.69) is 20.4 Å². The first-order valence-corrected chi connectivity index (χ1v) is 12.2. The van der Waals surface area contributed by atoms with Crippen LogP contribution in [0.4, 0.5) is 28.9 Å². The number of anilines is 2. The number of alkyl halides is 3. The van der Waals surface area contributed by atoms with E-state index in [0.717, 1.165) is 18.6 Å². The minimum atomic E-state index is -5.09. The summed E-state index contributed by atoms with van der Waals surface area (Å²) in [6, 6.07) is 9.74. The zero-order valence-corrected chi connectivity index (χ0v) is 20.7. The normalized spacial score (nSPS) is 19.5. The predicted octanol–water partition coefficient (Wildman–Crippen LogP) is 4.84. The number of halogens is 4. The summed E-state index contributed by atoms with van der Waals surface area (Å²) < 4.78 is 64.1. The smallest absolute Gasteiger partial charge is 0.404 e. The van der Waals surface area contributed by atoms with Gasteiger partial charge >= 0.3 is 6.36 Å². The molecule has 2 aliphatic rings. The maximum Gasteiger partial charge on any atom is 0.573 e. The number of carbonyl (C=O) groups is 2. The highest BCUT2D eigenvalue weighted by atomic mass is 19.4. The number of aromatic nitrogens is 1. The zero-order valence-electron chi connectivity index (χ0n) is 20.7. The lowest BCUT2D eigenvalue weighted by Gasteiger charge is -2.31. The maximum atomic E-state index is 14.1. The molecule has 0 saturated carbocycles. The lowest BCUT2D eigenvalue weighted by molar-refractivity contribution is -0.274. The molecule has 2 bridgehead atoms. The van der Waals surface area contributed by atoms with Crippen LogP contribution in [-0.2, 0) is 9.53 Å². The number of morpholine rings is 1. The molecule has 1 unspecified atom stereocenters. The molecule has 2 amide bonds. The third kappa shape index (κ3) is 6.02. The number of nitrogens with zero attached hydrogens (tertiary/aromatic N) is 2. The Hall–Kier alpha value is -4.03. The number of carbonyl (C=O) groups excluding carboxylic acids is 2. The van der Waals surface area contributed by atoms with Crippen molar-refractivity contribution in [1.82, 2.24) is 9.88 Å². The van der Waals surface area contributed by atoms with Gasteiger partial charge in [-0.3, -0.25) is 19.5 Å². The molecule has 2 saturated heterocycles. The number of fused-ring (bicyclic) bond motifs is 2. The van der Waals surface area contributed by atoms with Crippen molar-refractivity contribution in [1.29, 1.82) is 0 Å². The van der Waals surface area contributed by atoms with E-state index in [1.807, 2.05) is 4.90 Å². The molecule has 0 spiro atoms. The molecule has 2 N–H and O–H groups in total. The molecule has 1 aromatic heterocycles. The fourth-order valence-electron chi connectivity index (χ4n) is 4.87. The van der Waals surface area contributed by atoms with E-state index in [1.165, 1.54) is 42.7 Å². The first-order chi connectivity index (χ1) is 18.6. The van der Waals surface area contributed by atoms with Gasteiger partial charge in [0, 0.05) is 30.5 Å². The van der Waals surface area contributed by atoms with Crippen LogP contribution in [0, 0.1) is 5.82 Å². The second-order valence-corrected chi connectivity index (χ2v) is 9.35. The lowest BCUT2D eigenvalue weighted by atomic mass is 10.0. The van der Waals surface area contributed by atoms with E-state index in [9.17, 15) is 27.2 Å². The van der Waals surface area contributed by atoms with Crippen molar-refractivity contribution in [2.75, 3.05) is 23.8 Å². The van der Waals surface area contributed by atoms with Crippen LogP contribution in [0.2, 0.25) is 0 Å². The van der Waals surface area contributed by atoms with Crippen LogP contribution in [0.3, 0.4) is 0 Å². The molecule has 0 aliphatic carbocycles. The van der Waals surface area contributed by atoms with Crippen LogP contribution in [-0.4, -0.2) is 59.4 Å². The summed E-state index contributed by atoms with van der Waals surface area (Å²) in [5, 5.41) is 5.17. The molecule has 5 rings (SSSR count). The monoisotopic (exact) mass is 544 g/mol. The van der Waals surface area contributed by atoms with Crippen molar-refractivity contribution < 1.29 is 36.6 Å². The van der Waals surface area contributed by atoms with Crippen LogP contribution in [0.5, 0.6) is 5.75 Å². The van der Waals surface area contributed by atoms with Gasteiger partial charge in [-0.1, -0.05) is 12.1 Å². The average Bonchev–Trinajstić information content (AvgIpc) is 3.53. The molecular formula is C27H24F4N4O4. The lowest BCUT2D eigenvalue weighted by Crippen LogP contribution is -2.48. The van der Waals surface area contributed by atoms with Gasteiger partial charge in [0.15, 0.2) is 5.75 Å². The SMILES string of the molecule is CC(C(=O)Nc1cc(NC(=O)c2cccnc2)c(-c2cccc(F)c2)cc1OC(F)(F)F)N1C[C@@H]2C[C@H]1CO2. The molecule has 2 aromatic carbocycles. The topological polar surface area (TPSA) is 92.8 Å². The van der Waals surface area contributed by atoms with Gasteiger partial charge in [-0.2, -0.15) is 0 Å². The van der Waals surface area contributed by atoms with Crippen molar-refractivity contribution in [3.05, 3.63) is 72.3 Å². The Morgan fingerprint density at radius 2 is 1.95 bits per heavy atom. The summed E-state index contributed by atoms with van der Waals surface area (Å²) in [5.74, 6) is -2.51. The van der Waals surface area contributed by atoms with E-state index in [4.69, 9.17) is 4.74 Å². The van der Waals surface area contributed by atoms with Gasteiger partial charge in [0.25, 0.3) is 5.91 Å². The van der Waals surface area contributed by atoms with Gasteiger partial charge in [0.1, 0.15) is 5.82 Å². The summed E-state index contributed by atoms with van der Waals surface area (Å²) >= 11 is 0. The highest BCUT2D eigenvalue weighted by molar-refractivity contribution is 6.07. The van der Waals surface area contributed by atoms with E-state index in [-0.39, 0.29) is 40.2 Å². The molecule has 2 fully saturated rings. The van der Waals surface area contributed by atoms with Crippen LogP contribution in [0.1, 0.15) is 23.7 Å². The predicted molar refractivity (Wildman–Crippen MR) is 134 cm³/mol. The summed E-state index contributed by atoms with van der Waals surface area (Å²) in [7, 11) is 0. The summed E-state index contributed by atoms with van der Waals surface area (Å²) in [5.41, 5.74) is 0.129. The van der Waals surface area contributed by atoms with Crippen molar-refractivity contribution in [2.24, 2.45) is 0 Å². The van der Waals surface area contributed by atoms with E-state index in [0.29, 0.717) is 13.2 Å². The van der Waals surface area contributed by atoms with E-state index in [1.54, 1.807) is 13.0 Å². The van der Waals surface area contributed by atoms with Gasteiger partial charge in [-0.15, -0.1) is 13.2 Å². The van der Waals surface area contributed by atoms with Gasteiger partial charge in [-0.25, -0.2) is 4.39 Å². The van der Waals surface area contributed by atoms with E-state index < -0.39 is 35.8 Å². The number of hydrogen-bond donors (Lipinski definition) is 2. The quantitative estimate of drug-likeness (QED) is 0.414. The molecular weight excluding hydrogens is 520 g/mol. The van der Waals surface area contributed by atoms with Gasteiger partial charge in [0.2, 0.25) is 5.91 Å². The first kappa shape index (κ1) is 26.6. The van der Waals surface area contributed by atoms with Crippen molar-refractivity contribution in [3.63, 3.8) is 0 Å². The number of rotatable bonds is 7. The average molecular weight is 545 g/mol. The number of ether oxygens (including phenoxy) is 2. The summed E-state index contributed by atoms with van der Waals surface area (Å²) in [6.45, 7) is 2.68. The van der Waals surface area contributed by atoms with Crippen LogP contribution < -0.4 is 15.4 Å². The van der Waals surface area contributed by atoms with Gasteiger partial charge in [0.05, 0.1) is 35.7 Å². The number of benzene rings is 2. The number of pyridine rings is 1. The molecule has 0 radical (unpaired) electrons. The Balaban J connectivity index is 1.53. The molecule has 3 atom stereocenters. The van der Waals surface area contributed by atoms with E-state index >= 15 is 0 Å². The van der Waals surface area contributed by atoms with Crippen molar-refractivity contribution >= 4 is 23.2 Å². The molecule has 39 heavy (non-hydrogen) atoms. The molecule has 2 aliphatic heterocycles. The Morgan fingerprint density at radius 3 is 2.59 bits per heavy atom. The first-order valence-electron chi connectivity index (χ1n) is 12.2. The van der Waals surface area contributed by atoms with Crippen LogP contribution in [0.15, 0.2) is 60.9 Å². The maximum absolute atomic E-state index is 14.1.